The van der Waals surface area contributed by atoms with Gasteiger partial charge in [-0.05, 0) is 45.7 Å². The van der Waals surface area contributed by atoms with Crippen molar-refractivity contribution in [1.82, 2.24) is 30.3 Å². The van der Waals surface area contributed by atoms with Crippen molar-refractivity contribution in [2.24, 2.45) is 4.99 Å². The monoisotopic (exact) mass is 489 g/mol. The Morgan fingerprint density at radius 3 is 2.48 bits per heavy atom. The van der Waals surface area contributed by atoms with Crippen LogP contribution in [0.15, 0.2) is 11.3 Å². The summed E-state index contributed by atoms with van der Waals surface area (Å²) in [5, 5.41) is 15.2. The normalized spacial score (nSPS) is 20.7. The molecule has 0 amide bonds. The van der Waals surface area contributed by atoms with Gasteiger partial charge in [-0.1, -0.05) is 25.7 Å². The van der Waals surface area contributed by atoms with E-state index in [9.17, 15) is 0 Å². The van der Waals surface area contributed by atoms with Gasteiger partial charge >= 0.3 is 0 Å². The summed E-state index contributed by atoms with van der Waals surface area (Å²) in [5.41, 5.74) is 0.305. The zero-order chi connectivity index (χ0) is 18.2. The Kier molecular flexibility index (Phi) is 9.28. The third-order valence-electron chi connectivity index (χ3n) is 6.07. The van der Waals surface area contributed by atoms with Gasteiger partial charge in [0.15, 0.2) is 11.8 Å². The molecular weight excluding hydrogens is 453 g/mol. The summed E-state index contributed by atoms with van der Waals surface area (Å²) < 4.78 is 2.05. The van der Waals surface area contributed by atoms with Crippen LogP contribution in [0.5, 0.6) is 0 Å². The molecule has 0 bridgehead atoms. The van der Waals surface area contributed by atoms with Gasteiger partial charge in [0.05, 0.1) is 6.54 Å². The molecule has 2 fully saturated rings. The summed E-state index contributed by atoms with van der Waals surface area (Å²) >= 11 is 0. The van der Waals surface area contributed by atoms with Crippen molar-refractivity contribution in [2.45, 2.75) is 76.9 Å². The summed E-state index contributed by atoms with van der Waals surface area (Å²) in [4.78, 5) is 7.19. The first-order valence-corrected chi connectivity index (χ1v) is 10.3. The van der Waals surface area contributed by atoms with E-state index in [1.807, 2.05) is 7.05 Å². The van der Waals surface area contributed by atoms with Crippen LogP contribution in [0.1, 0.15) is 64.1 Å². The van der Waals surface area contributed by atoms with Gasteiger partial charge in [0.25, 0.3) is 0 Å². The fraction of sp³-hybridized carbons (Fsp3) is 0.842. The number of hydrogen-bond donors (Lipinski definition) is 2. The highest BCUT2D eigenvalue weighted by molar-refractivity contribution is 14.0. The zero-order valence-electron chi connectivity index (χ0n) is 16.9. The number of nitrogens with zero attached hydrogens (tertiary/aromatic N) is 5. The van der Waals surface area contributed by atoms with Gasteiger partial charge in [-0.2, -0.15) is 0 Å². The quantitative estimate of drug-likeness (QED) is 0.366. The fourth-order valence-electron chi connectivity index (χ4n) is 4.49. The molecule has 1 aliphatic carbocycles. The Labute approximate surface area is 180 Å². The first-order chi connectivity index (χ1) is 12.8. The van der Waals surface area contributed by atoms with E-state index in [4.69, 9.17) is 0 Å². The van der Waals surface area contributed by atoms with Gasteiger partial charge in [0, 0.05) is 25.7 Å². The number of hydrogen-bond acceptors (Lipinski definition) is 4. The Morgan fingerprint density at radius 2 is 1.81 bits per heavy atom. The molecule has 2 aliphatic rings. The lowest BCUT2D eigenvalue weighted by molar-refractivity contribution is 0.0368. The lowest BCUT2D eigenvalue weighted by Crippen LogP contribution is -2.59. The molecular formula is C19H36IN7. The number of piperidine rings is 1. The van der Waals surface area contributed by atoms with E-state index in [1.54, 1.807) is 6.33 Å². The van der Waals surface area contributed by atoms with Crippen LogP contribution in [0, 0.1) is 0 Å². The number of likely N-dealkylation sites (tertiary alicyclic amines) is 1. The van der Waals surface area contributed by atoms with Crippen LogP contribution in [0.3, 0.4) is 0 Å². The average Bonchev–Trinajstić information content (AvgIpc) is 3.17. The van der Waals surface area contributed by atoms with Gasteiger partial charge < -0.3 is 15.2 Å². The van der Waals surface area contributed by atoms with E-state index in [0.717, 1.165) is 24.9 Å². The Morgan fingerprint density at radius 1 is 1.11 bits per heavy atom. The first kappa shape index (κ1) is 22.4. The van der Waals surface area contributed by atoms with Crippen molar-refractivity contribution < 1.29 is 0 Å². The van der Waals surface area contributed by atoms with E-state index < -0.39 is 0 Å². The molecule has 0 atom stereocenters. The van der Waals surface area contributed by atoms with Crippen molar-refractivity contribution in [3.05, 3.63) is 12.2 Å². The Balaban J connectivity index is 0.00000261. The maximum absolute atomic E-state index is 4.42. The number of aliphatic imine (C=N–C) groups is 1. The third kappa shape index (κ3) is 5.79. The average molecular weight is 489 g/mol. The van der Waals surface area contributed by atoms with Gasteiger partial charge in [-0.15, -0.1) is 34.2 Å². The molecule has 1 saturated carbocycles. The van der Waals surface area contributed by atoms with Crippen molar-refractivity contribution in [2.75, 3.05) is 26.7 Å². The molecule has 1 aromatic heterocycles. The standard InChI is InChI=1S/C19H35N7.HI/c1-3-25-16-23-24-17(25)14-21-18(20-2)22-15-19(10-6-4-7-11-19)26-12-8-5-9-13-26;/h16H,3-15H2,1-2H3,(H2,20,21,22);1H. The number of nitrogens with one attached hydrogen (secondary N) is 2. The SMILES string of the molecule is CCn1cnnc1CNC(=NC)NCC1(N2CCCCC2)CCCCC1.I. The number of halogens is 1. The largest absolute Gasteiger partial charge is 0.355 e. The Hall–Kier alpha value is -0.900. The molecule has 154 valence electrons. The zero-order valence-corrected chi connectivity index (χ0v) is 19.2. The molecule has 1 aliphatic heterocycles. The second-order valence-corrected chi connectivity index (χ2v) is 7.65. The van der Waals surface area contributed by atoms with Crippen LogP contribution in [-0.2, 0) is 13.1 Å². The molecule has 8 heteroatoms. The number of aryl methyl sites for hydroxylation is 1. The highest BCUT2D eigenvalue weighted by Gasteiger charge is 2.38. The summed E-state index contributed by atoms with van der Waals surface area (Å²) in [7, 11) is 1.84. The lowest BCUT2D eigenvalue weighted by atomic mass is 9.79. The van der Waals surface area contributed by atoms with Crippen LogP contribution < -0.4 is 10.6 Å². The molecule has 2 N–H and O–H groups in total. The number of aromatic nitrogens is 3. The van der Waals surface area contributed by atoms with Crippen LogP contribution in [0.2, 0.25) is 0 Å². The van der Waals surface area contributed by atoms with Crippen LogP contribution in [0.25, 0.3) is 0 Å². The van der Waals surface area contributed by atoms with Crippen LogP contribution >= 0.6 is 24.0 Å². The maximum atomic E-state index is 4.42. The van der Waals surface area contributed by atoms with Gasteiger partial charge in [0.1, 0.15) is 6.33 Å². The van der Waals surface area contributed by atoms with E-state index in [-0.39, 0.29) is 24.0 Å². The van der Waals surface area contributed by atoms with Crippen molar-refractivity contribution in [3.63, 3.8) is 0 Å². The van der Waals surface area contributed by atoms with Crippen molar-refractivity contribution in [3.8, 4) is 0 Å². The molecule has 0 spiro atoms. The van der Waals surface area contributed by atoms with Crippen molar-refractivity contribution in [1.29, 1.82) is 0 Å². The fourth-order valence-corrected chi connectivity index (χ4v) is 4.49. The van der Waals surface area contributed by atoms with Gasteiger partial charge in [0.2, 0.25) is 0 Å². The molecule has 7 nitrogen and oxygen atoms in total. The molecule has 0 aromatic carbocycles. The van der Waals surface area contributed by atoms with E-state index in [0.29, 0.717) is 12.1 Å². The van der Waals surface area contributed by atoms with E-state index in [2.05, 4.69) is 42.2 Å². The van der Waals surface area contributed by atoms with Gasteiger partial charge in [-0.25, -0.2) is 0 Å². The van der Waals surface area contributed by atoms with E-state index >= 15 is 0 Å². The Bertz CT molecular complexity index is 574. The first-order valence-electron chi connectivity index (χ1n) is 10.3. The van der Waals surface area contributed by atoms with Gasteiger partial charge in [-0.3, -0.25) is 9.89 Å². The molecule has 2 heterocycles. The number of rotatable bonds is 6. The third-order valence-corrected chi connectivity index (χ3v) is 6.07. The molecule has 0 radical (unpaired) electrons. The predicted molar refractivity (Wildman–Crippen MR) is 121 cm³/mol. The van der Waals surface area contributed by atoms with Crippen LogP contribution in [-0.4, -0.2) is 57.8 Å². The summed E-state index contributed by atoms with van der Waals surface area (Å²) in [6.07, 6.45) is 12.6. The molecule has 1 aromatic rings. The second-order valence-electron chi connectivity index (χ2n) is 7.65. The topological polar surface area (TPSA) is 70.4 Å². The molecule has 0 unspecified atom stereocenters. The maximum Gasteiger partial charge on any atom is 0.191 e. The molecule has 1 saturated heterocycles. The highest BCUT2D eigenvalue weighted by atomic mass is 127. The lowest BCUT2D eigenvalue weighted by Gasteiger charge is -2.48. The second kappa shape index (κ2) is 11.2. The summed E-state index contributed by atoms with van der Waals surface area (Å²) in [6, 6.07) is 0. The summed E-state index contributed by atoms with van der Waals surface area (Å²) in [5.74, 6) is 1.80. The minimum Gasteiger partial charge on any atom is -0.355 e. The highest BCUT2D eigenvalue weighted by Crippen LogP contribution is 2.35. The van der Waals surface area contributed by atoms with Crippen molar-refractivity contribution >= 4 is 29.9 Å². The van der Waals surface area contributed by atoms with Crippen LogP contribution in [0.4, 0.5) is 0 Å². The summed E-state index contributed by atoms with van der Waals surface area (Å²) in [6.45, 7) is 7.12. The molecule has 27 heavy (non-hydrogen) atoms. The van der Waals surface area contributed by atoms with E-state index in [1.165, 1.54) is 64.5 Å². The minimum atomic E-state index is 0. The minimum absolute atomic E-state index is 0. The predicted octanol–water partition coefficient (Wildman–Crippen LogP) is 2.77. The number of guanidine groups is 1. The smallest absolute Gasteiger partial charge is 0.191 e. The molecule has 3 rings (SSSR count).